The molecule has 0 spiro atoms. The first-order chi connectivity index (χ1) is 17.6. The lowest BCUT2D eigenvalue weighted by atomic mass is 9.85. The zero-order valence-corrected chi connectivity index (χ0v) is 20.6. The first kappa shape index (κ1) is 27.7. The molecule has 2 heterocycles. The largest absolute Gasteiger partial charge is 0.435 e. The Morgan fingerprint density at radius 2 is 1.87 bits per heavy atom. The molecule has 2 atom stereocenters. The van der Waals surface area contributed by atoms with E-state index in [1.165, 1.54) is 43.3 Å². The summed E-state index contributed by atoms with van der Waals surface area (Å²) in [6.45, 7) is 1.01. The van der Waals surface area contributed by atoms with Crippen LogP contribution < -0.4 is 5.32 Å². The molecule has 204 valence electrons. The van der Waals surface area contributed by atoms with Crippen molar-refractivity contribution in [1.29, 1.82) is 0 Å². The van der Waals surface area contributed by atoms with Gasteiger partial charge in [0.25, 0.3) is 17.4 Å². The van der Waals surface area contributed by atoms with Crippen LogP contribution in [0, 0.1) is 13.8 Å². The number of aryl methyl sites for hydroxylation is 2. The van der Waals surface area contributed by atoms with Crippen LogP contribution in [0.5, 0.6) is 0 Å². The van der Waals surface area contributed by atoms with Crippen molar-refractivity contribution >= 4 is 29.1 Å². The van der Waals surface area contributed by atoms with E-state index in [0.717, 1.165) is 0 Å². The van der Waals surface area contributed by atoms with E-state index in [1.807, 2.05) is 0 Å². The fourth-order valence-electron chi connectivity index (χ4n) is 4.22. The van der Waals surface area contributed by atoms with Crippen molar-refractivity contribution in [3.05, 3.63) is 69.2 Å². The van der Waals surface area contributed by atoms with Crippen LogP contribution in [-0.2, 0) is 20.1 Å². The number of hydrogen-bond donors (Lipinski definition) is 1. The molecule has 2 aliphatic rings. The Morgan fingerprint density at radius 3 is 2.47 bits per heavy atom. The molecular weight excluding hydrogens is 544 g/mol. The summed E-state index contributed by atoms with van der Waals surface area (Å²) in [5.74, 6) is -1.82. The number of carbonyl (C=O) groups is 2. The second-order valence-electron chi connectivity index (χ2n) is 8.99. The molecule has 7 nitrogen and oxygen atoms in total. The highest BCUT2D eigenvalue weighted by molar-refractivity contribution is 6.30. The molecule has 4 rings (SSSR count). The third-order valence-electron chi connectivity index (χ3n) is 6.07. The number of oxime groups is 1. The molecule has 0 saturated carbocycles. The standard InChI is InChI=1S/C24H20ClF6N3O4/c1-12-5-15(8-16(25)6-12)22(24(29,30)31)9-18(33-38-22)14-3-4-17(13(2)7-14)20(35)32-19-10-37-34(21(19)36)11-23(26,27)28/h3-8,19H,9-11H2,1-2H3,(H,32,35)/t19-,22?/m1/s1. The number of carbonyl (C=O) groups excluding carboxylic acids is 2. The maximum Gasteiger partial charge on any atom is 0.435 e. The van der Waals surface area contributed by atoms with Crippen molar-refractivity contribution in [2.75, 3.05) is 13.2 Å². The lowest BCUT2D eigenvalue weighted by molar-refractivity contribution is -0.275. The fraction of sp³-hybridized carbons (Fsp3) is 0.375. The molecule has 2 aromatic rings. The highest BCUT2D eigenvalue weighted by atomic mass is 35.5. The number of amides is 2. The third kappa shape index (κ3) is 5.44. The number of alkyl halides is 6. The molecule has 1 N–H and O–H groups in total. The highest BCUT2D eigenvalue weighted by Crippen LogP contribution is 2.49. The molecule has 2 aromatic carbocycles. The van der Waals surface area contributed by atoms with Gasteiger partial charge in [-0.1, -0.05) is 28.9 Å². The summed E-state index contributed by atoms with van der Waals surface area (Å²) in [7, 11) is 0. The zero-order chi connectivity index (χ0) is 28.0. The Hall–Kier alpha value is -3.32. The van der Waals surface area contributed by atoms with Gasteiger partial charge in [-0.05, 0) is 54.8 Å². The zero-order valence-electron chi connectivity index (χ0n) is 19.8. The Labute approximate surface area is 217 Å². The highest BCUT2D eigenvalue weighted by Gasteiger charge is 2.62. The van der Waals surface area contributed by atoms with Gasteiger partial charge in [-0.2, -0.15) is 26.3 Å². The van der Waals surface area contributed by atoms with Crippen molar-refractivity contribution in [2.45, 2.75) is 44.3 Å². The molecule has 1 unspecified atom stereocenters. The predicted octanol–water partition coefficient (Wildman–Crippen LogP) is 4.97. The number of nitrogens with zero attached hydrogens (tertiary/aromatic N) is 2. The topological polar surface area (TPSA) is 80.2 Å². The Bertz CT molecular complexity index is 1290. The molecular formula is C24H20ClF6N3O4. The van der Waals surface area contributed by atoms with E-state index >= 15 is 0 Å². The van der Waals surface area contributed by atoms with Crippen molar-refractivity contribution in [1.82, 2.24) is 10.4 Å². The maximum atomic E-state index is 14.2. The lowest BCUT2D eigenvalue weighted by Gasteiger charge is -2.29. The van der Waals surface area contributed by atoms with E-state index in [-0.39, 0.29) is 32.5 Å². The van der Waals surface area contributed by atoms with Crippen LogP contribution in [0.3, 0.4) is 0 Å². The summed E-state index contributed by atoms with van der Waals surface area (Å²) in [6, 6.07) is 6.78. The number of benzene rings is 2. The lowest BCUT2D eigenvalue weighted by Crippen LogP contribution is -2.44. The Kier molecular flexibility index (Phi) is 7.12. The minimum Gasteiger partial charge on any atom is -0.374 e. The van der Waals surface area contributed by atoms with Crippen molar-refractivity contribution < 1.29 is 45.6 Å². The van der Waals surface area contributed by atoms with Crippen LogP contribution in [0.15, 0.2) is 41.6 Å². The van der Waals surface area contributed by atoms with Crippen LogP contribution >= 0.6 is 11.6 Å². The molecule has 14 heteroatoms. The van der Waals surface area contributed by atoms with Gasteiger partial charge in [-0.3, -0.25) is 14.4 Å². The molecule has 2 amide bonds. The van der Waals surface area contributed by atoms with Crippen molar-refractivity contribution in [3.63, 3.8) is 0 Å². The molecule has 1 fully saturated rings. The van der Waals surface area contributed by atoms with Gasteiger partial charge in [0.05, 0.1) is 5.71 Å². The maximum absolute atomic E-state index is 14.2. The summed E-state index contributed by atoms with van der Waals surface area (Å²) in [5.41, 5.74) is -1.82. The second kappa shape index (κ2) is 9.77. The van der Waals surface area contributed by atoms with E-state index in [0.29, 0.717) is 11.1 Å². The van der Waals surface area contributed by atoms with E-state index in [4.69, 9.17) is 21.3 Å². The number of hydroxylamine groups is 2. The number of hydrogen-bond acceptors (Lipinski definition) is 5. The van der Waals surface area contributed by atoms with Gasteiger partial charge in [0.15, 0.2) is 0 Å². The monoisotopic (exact) mass is 563 g/mol. The normalized spacial score (nSPS) is 21.9. The minimum absolute atomic E-state index is 0.0165. The molecule has 2 aliphatic heterocycles. The molecule has 0 aromatic heterocycles. The van der Waals surface area contributed by atoms with Crippen LogP contribution in [0.4, 0.5) is 26.3 Å². The van der Waals surface area contributed by atoms with Gasteiger partial charge in [-0.25, -0.2) is 5.06 Å². The van der Waals surface area contributed by atoms with Crippen LogP contribution in [0.25, 0.3) is 0 Å². The van der Waals surface area contributed by atoms with Gasteiger partial charge >= 0.3 is 12.4 Å². The quantitative estimate of drug-likeness (QED) is 0.521. The average Bonchev–Trinajstić information content (AvgIpc) is 3.38. The first-order valence-electron chi connectivity index (χ1n) is 11.1. The Balaban J connectivity index is 1.51. The smallest absolute Gasteiger partial charge is 0.374 e. The number of nitrogens with one attached hydrogen (secondary N) is 1. The summed E-state index contributed by atoms with van der Waals surface area (Å²) in [6.07, 6.45) is -10.2. The van der Waals surface area contributed by atoms with E-state index in [1.54, 1.807) is 6.92 Å². The molecule has 38 heavy (non-hydrogen) atoms. The van der Waals surface area contributed by atoms with Crippen LogP contribution in [-0.4, -0.2) is 54.1 Å². The molecule has 0 aliphatic carbocycles. The Morgan fingerprint density at radius 1 is 1.16 bits per heavy atom. The second-order valence-corrected chi connectivity index (χ2v) is 9.43. The fourth-order valence-corrected chi connectivity index (χ4v) is 4.51. The summed E-state index contributed by atoms with van der Waals surface area (Å²) >= 11 is 5.99. The summed E-state index contributed by atoms with van der Waals surface area (Å²) < 4.78 is 80.4. The van der Waals surface area contributed by atoms with E-state index < -0.39 is 55.4 Å². The minimum atomic E-state index is -4.83. The average molecular weight is 564 g/mol. The van der Waals surface area contributed by atoms with Gasteiger partial charge in [0.1, 0.15) is 19.2 Å². The van der Waals surface area contributed by atoms with Gasteiger partial charge in [0.2, 0.25) is 0 Å². The van der Waals surface area contributed by atoms with Gasteiger partial charge in [0, 0.05) is 22.6 Å². The van der Waals surface area contributed by atoms with Gasteiger partial charge in [-0.15, -0.1) is 0 Å². The van der Waals surface area contributed by atoms with Crippen molar-refractivity contribution in [3.8, 4) is 0 Å². The van der Waals surface area contributed by atoms with Crippen LogP contribution in [0.1, 0.15) is 39.0 Å². The molecule has 0 radical (unpaired) electrons. The van der Waals surface area contributed by atoms with Gasteiger partial charge < -0.3 is 10.2 Å². The molecule has 0 bridgehead atoms. The molecule has 1 saturated heterocycles. The SMILES string of the molecule is Cc1cc(Cl)cc(C2(C(F)(F)F)CC(c3ccc(C(=O)N[C@@H]4CON(CC(F)(F)F)C4=O)c(C)c3)=NO2)c1. The predicted molar refractivity (Wildman–Crippen MR) is 122 cm³/mol. The van der Waals surface area contributed by atoms with Crippen LogP contribution in [0.2, 0.25) is 5.02 Å². The van der Waals surface area contributed by atoms with E-state index in [9.17, 15) is 35.9 Å². The summed E-state index contributed by atoms with van der Waals surface area (Å²) in [5, 5.41) is 6.26. The number of halogens is 7. The number of rotatable bonds is 5. The third-order valence-corrected chi connectivity index (χ3v) is 6.29. The summed E-state index contributed by atoms with van der Waals surface area (Å²) in [4.78, 5) is 34.6. The van der Waals surface area contributed by atoms with E-state index in [2.05, 4.69) is 10.5 Å². The first-order valence-corrected chi connectivity index (χ1v) is 11.5. The van der Waals surface area contributed by atoms with Crippen molar-refractivity contribution in [2.24, 2.45) is 5.16 Å².